The largest absolute Gasteiger partial charge is 0.350 e. The number of fused-ring (bicyclic) bond motifs is 1. The van der Waals surface area contributed by atoms with E-state index in [-0.39, 0.29) is 10.9 Å². The highest BCUT2D eigenvalue weighted by Gasteiger charge is 2.16. The van der Waals surface area contributed by atoms with Gasteiger partial charge in [-0.25, -0.2) is 4.39 Å². The van der Waals surface area contributed by atoms with Crippen LogP contribution in [0.2, 0.25) is 0 Å². The molecule has 3 rings (SSSR count). The molecule has 0 aliphatic rings. The predicted octanol–water partition coefficient (Wildman–Crippen LogP) is 3.55. The molecule has 24 heavy (non-hydrogen) atoms. The lowest BCUT2D eigenvalue weighted by Gasteiger charge is -2.12. The van der Waals surface area contributed by atoms with Crippen LogP contribution in [0.5, 0.6) is 0 Å². The fraction of sp³-hybridized carbons (Fsp3) is 0.158. The lowest BCUT2D eigenvalue weighted by molar-refractivity contribution is 0.102. The van der Waals surface area contributed by atoms with Gasteiger partial charge in [-0.15, -0.1) is 0 Å². The third-order valence-corrected chi connectivity index (χ3v) is 4.25. The van der Waals surface area contributed by atoms with Crippen molar-refractivity contribution in [3.05, 3.63) is 75.3 Å². The first kappa shape index (κ1) is 15.9. The van der Waals surface area contributed by atoms with Gasteiger partial charge < -0.3 is 9.88 Å². The summed E-state index contributed by atoms with van der Waals surface area (Å²) in [5, 5.41) is 2.95. The van der Waals surface area contributed by atoms with E-state index in [0.717, 1.165) is 17.2 Å². The van der Waals surface area contributed by atoms with E-state index >= 15 is 0 Å². The predicted molar refractivity (Wildman–Crippen MR) is 93.0 cm³/mol. The van der Waals surface area contributed by atoms with E-state index in [1.165, 1.54) is 18.3 Å². The molecular formula is C19H17FN2O2. The first-order chi connectivity index (χ1) is 11.4. The number of amides is 1. The van der Waals surface area contributed by atoms with E-state index in [4.69, 9.17) is 0 Å². The molecule has 2 aromatic carbocycles. The zero-order valence-corrected chi connectivity index (χ0v) is 13.7. The van der Waals surface area contributed by atoms with Crippen LogP contribution in [-0.2, 0) is 7.05 Å². The van der Waals surface area contributed by atoms with Crippen molar-refractivity contribution in [1.29, 1.82) is 0 Å². The van der Waals surface area contributed by atoms with E-state index in [2.05, 4.69) is 5.32 Å². The minimum absolute atomic E-state index is 0.0171. The molecule has 0 saturated carbocycles. The molecule has 1 heterocycles. The van der Waals surface area contributed by atoms with Crippen molar-refractivity contribution in [3.8, 4) is 0 Å². The number of anilines is 1. The second-order valence-corrected chi connectivity index (χ2v) is 5.85. The van der Waals surface area contributed by atoms with Crippen LogP contribution in [-0.4, -0.2) is 10.5 Å². The minimum Gasteiger partial charge on any atom is -0.350 e. The van der Waals surface area contributed by atoms with E-state index in [1.807, 2.05) is 26.0 Å². The first-order valence-corrected chi connectivity index (χ1v) is 7.55. The molecule has 0 radical (unpaired) electrons. The van der Waals surface area contributed by atoms with Crippen LogP contribution >= 0.6 is 0 Å². The van der Waals surface area contributed by atoms with Crippen molar-refractivity contribution in [1.82, 2.24) is 4.57 Å². The van der Waals surface area contributed by atoms with Gasteiger partial charge in [0.15, 0.2) is 0 Å². The van der Waals surface area contributed by atoms with Gasteiger partial charge >= 0.3 is 0 Å². The number of rotatable bonds is 2. The molecule has 1 N–H and O–H groups in total. The summed E-state index contributed by atoms with van der Waals surface area (Å²) < 4.78 is 15.1. The molecule has 1 aromatic heterocycles. The maximum Gasteiger partial charge on any atom is 0.261 e. The fourth-order valence-corrected chi connectivity index (χ4v) is 2.70. The second kappa shape index (κ2) is 5.92. The quantitative estimate of drug-likeness (QED) is 0.784. The zero-order valence-electron chi connectivity index (χ0n) is 13.7. The third kappa shape index (κ3) is 2.69. The Bertz CT molecular complexity index is 1020. The Morgan fingerprint density at radius 2 is 1.92 bits per heavy atom. The number of aryl methyl sites for hydroxylation is 2. The van der Waals surface area contributed by atoms with Crippen LogP contribution in [0.3, 0.4) is 0 Å². The number of hydrogen-bond acceptors (Lipinski definition) is 2. The molecule has 0 fully saturated rings. The Balaban J connectivity index is 2.09. The molecule has 0 atom stereocenters. The van der Waals surface area contributed by atoms with Crippen molar-refractivity contribution in [2.24, 2.45) is 7.05 Å². The number of nitrogens with one attached hydrogen (secondary N) is 1. The molecule has 0 spiro atoms. The number of halogens is 1. The lowest BCUT2D eigenvalue weighted by Crippen LogP contribution is -2.23. The molecular weight excluding hydrogens is 307 g/mol. The highest BCUT2D eigenvalue weighted by atomic mass is 19.1. The molecule has 0 bridgehead atoms. The monoisotopic (exact) mass is 324 g/mol. The summed E-state index contributed by atoms with van der Waals surface area (Å²) in [5.74, 6) is -1.01. The van der Waals surface area contributed by atoms with E-state index < -0.39 is 17.2 Å². The average Bonchev–Trinajstić information content (AvgIpc) is 2.55. The number of carbonyl (C=O) groups excluding carboxylic acids is 1. The third-order valence-electron chi connectivity index (χ3n) is 4.25. The molecule has 0 aliphatic heterocycles. The number of pyridine rings is 1. The van der Waals surface area contributed by atoms with Crippen LogP contribution in [0.1, 0.15) is 21.5 Å². The summed E-state index contributed by atoms with van der Waals surface area (Å²) in [4.78, 5) is 25.1. The summed E-state index contributed by atoms with van der Waals surface area (Å²) in [5.41, 5.74) is 2.71. The highest BCUT2D eigenvalue weighted by molar-refractivity contribution is 6.06. The summed E-state index contributed by atoms with van der Waals surface area (Å²) in [7, 11) is 1.72. The summed E-state index contributed by atoms with van der Waals surface area (Å²) in [6.07, 6.45) is 1.48. The van der Waals surface area contributed by atoms with Gasteiger partial charge in [-0.3, -0.25) is 9.59 Å². The van der Waals surface area contributed by atoms with Crippen LogP contribution in [0.4, 0.5) is 10.1 Å². The van der Waals surface area contributed by atoms with Gasteiger partial charge in [0, 0.05) is 24.3 Å². The number of carbonyl (C=O) groups is 1. The molecule has 0 saturated heterocycles. The summed E-state index contributed by atoms with van der Waals surface area (Å²) >= 11 is 0. The molecule has 3 aromatic rings. The van der Waals surface area contributed by atoms with Gasteiger partial charge in [0.25, 0.3) is 5.91 Å². The fourth-order valence-electron chi connectivity index (χ4n) is 2.70. The maximum absolute atomic E-state index is 13.5. The molecule has 1 amide bonds. The zero-order chi connectivity index (χ0) is 17.4. The summed E-state index contributed by atoms with van der Waals surface area (Å²) in [6, 6.07) is 9.54. The molecule has 5 heteroatoms. The Morgan fingerprint density at radius 3 is 2.67 bits per heavy atom. The Hall–Kier alpha value is -2.95. The Kier molecular flexibility index (Phi) is 3.93. The average molecular weight is 324 g/mol. The maximum atomic E-state index is 13.5. The van der Waals surface area contributed by atoms with E-state index in [1.54, 1.807) is 17.7 Å². The number of hydrogen-bond donors (Lipinski definition) is 1. The Labute approximate surface area is 138 Å². The van der Waals surface area contributed by atoms with Crippen molar-refractivity contribution >= 4 is 22.5 Å². The minimum atomic E-state index is -0.508. The molecule has 0 aliphatic carbocycles. The van der Waals surface area contributed by atoms with Crippen molar-refractivity contribution in [2.45, 2.75) is 13.8 Å². The standard InChI is InChI=1S/C19H17FN2O2/c1-11-5-4-6-16(12(11)2)21-19(24)15-10-22(3)17-8-7-13(20)9-14(17)18(15)23/h4-10H,1-3H3,(H,21,24). The first-order valence-electron chi connectivity index (χ1n) is 7.55. The van der Waals surface area contributed by atoms with Crippen LogP contribution in [0.25, 0.3) is 10.9 Å². The topological polar surface area (TPSA) is 51.1 Å². The number of nitrogens with zero attached hydrogens (tertiary/aromatic N) is 1. The van der Waals surface area contributed by atoms with Crippen LogP contribution < -0.4 is 10.7 Å². The molecule has 4 nitrogen and oxygen atoms in total. The van der Waals surface area contributed by atoms with E-state index in [9.17, 15) is 14.0 Å². The summed E-state index contributed by atoms with van der Waals surface area (Å²) in [6.45, 7) is 3.85. The molecule has 122 valence electrons. The SMILES string of the molecule is Cc1cccc(NC(=O)c2cn(C)c3ccc(F)cc3c2=O)c1C. The normalized spacial score (nSPS) is 10.8. The van der Waals surface area contributed by atoms with Gasteiger partial charge in [0.05, 0.1) is 5.52 Å². The van der Waals surface area contributed by atoms with Crippen molar-refractivity contribution in [2.75, 3.05) is 5.32 Å². The van der Waals surface area contributed by atoms with Gasteiger partial charge in [-0.05, 0) is 49.2 Å². The smallest absolute Gasteiger partial charge is 0.261 e. The lowest BCUT2D eigenvalue weighted by atomic mass is 10.1. The van der Waals surface area contributed by atoms with Crippen LogP contribution in [0.15, 0.2) is 47.4 Å². The number of aromatic nitrogens is 1. The Morgan fingerprint density at radius 1 is 1.17 bits per heavy atom. The molecule has 0 unspecified atom stereocenters. The van der Waals surface area contributed by atoms with Crippen LogP contribution in [0, 0.1) is 19.7 Å². The highest BCUT2D eigenvalue weighted by Crippen LogP contribution is 2.19. The van der Waals surface area contributed by atoms with E-state index in [0.29, 0.717) is 11.2 Å². The second-order valence-electron chi connectivity index (χ2n) is 5.85. The van der Waals surface area contributed by atoms with Crippen molar-refractivity contribution in [3.63, 3.8) is 0 Å². The van der Waals surface area contributed by atoms with Gasteiger partial charge in [-0.1, -0.05) is 12.1 Å². The van der Waals surface area contributed by atoms with Gasteiger partial charge in [0.1, 0.15) is 11.4 Å². The van der Waals surface area contributed by atoms with Gasteiger partial charge in [-0.2, -0.15) is 0 Å². The number of benzene rings is 2. The van der Waals surface area contributed by atoms with Gasteiger partial charge in [0.2, 0.25) is 5.43 Å². The van der Waals surface area contributed by atoms with Crippen molar-refractivity contribution < 1.29 is 9.18 Å².